The van der Waals surface area contributed by atoms with Crippen LogP contribution < -0.4 is 0 Å². The standard InChI is InChI=1S/C9H13N2O6P/c1-2-6-10-9(7(12)13,8(14)15)5-11(6)3-4-18(16)17/h2-5H2,1H3,(H,12,13)(H,14,15). The first-order valence-corrected chi connectivity index (χ1v) is 6.62. The molecule has 8 nitrogen and oxygen atoms in total. The average molecular weight is 276 g/mol. The van der Waals surface area contributed by atoms with Crippen LogP contribution >= 0.6 is 7.68 Å². The van der Waals surface area contributed by atoms with Crippen LogP contribution in [0.5, 0.6) is 0 Å². The highest BCUT2D eigenvalue weighted by Gasteiger charge is 2.52. The van der Waals surface area contributed by atoms with E-state index in [1.807, 2.05) is 0 Å². The van der Waals surface area contributed by atoms with Crippen molar-refractivity contribution >= 4 is 25.5 Å². The van der Waals surface area contributed by atoms with E-state index in [1.54, 1.807) is 6.92 Å². The van der Waals surface area contributed by atoms with E-state index in [0.29, 0.717) is 12.3 Å². The fraction of sp³-hybridized carbons (Fsp3) is 0.667. The molecule has 0 aromatic rings. The second-order valence-corrected chi connectivity index (χ2v) is 4.94. The summed E-state index contributed by atoms with van der Waals surface area (Å²) in [5.41, 5.74) is -2.22. The van der Waals surface area contributed by atoms with Gasteiger partial charge in [-0.1, -0.05) is 6.92 Å². The topological polar surface area (TPSA) is 124 Å². The summed E-state index contributed by atoms with van der Waals surface area (Å²) in [5.74, 6) is -2.79. The number of carboxylic acid groups (broad SMARTS) is 2. The van der Waals surface area contributed by atoms with Crippen LogP contribution in [0, 0.1) is 0 Å². The zero-order valence-electron chi connectivity index (χ0n) is 9.70. The number of amidine groups is 1. The fourth-order valence-corrected chi connectivity index (χ4v) is 2.13. The van der Waals surface area contributed by atoms with Gasteiger partial charge in [0.1, 0.15) is 5.84 Å². The Hall–Kier alpha value is -1.69. The van der Waals surface area contributed by atoms with Gasteiger partial charge in [-0.2, -0.15) is 0 Å². The lowest BCUT2D eigenvalue weighted by Crippen LogP contribution is -2.49. The molecule has 1 aliphatic rings. The van der Waals surface area contributed by atoms with Crippen molar-refractivity contribution in [2.24, 2.45) is 4.99 Å². The number of hydrogen-bond acceptors (Lipinski definition) is 6. The lowest BCUT2D eigenvalue weighted by atomic mass is 10.0. The number of carbonyl (C=O) groups is 2. The highest BCUT2D eigenvalue weighted by atomic mass is 31.1. The van der Waals surface area contributed by atoms with Gasteiger partial charge in [0, 0.05) is 13.0 Å². The van der Waals surface area contributed by atoms with Crippen LogP contribution in [0.1, 0.15) is 13.3 Å². The van der Waals surface area contributed by atoms with E-state index < -0.39 is 25.2 Å². The molecule has 0 aromatic carbocycles. The number of nitrogens with zero attached hydrogens (tertiary/aromatic N) is 2. The lowest BCUT2D eigenvalue weighted by molar-refractivity contribution is -0.156. The summed E-state index contributed by atoms with van der Waals surface area (Å²) in [5, 5.41) is 18.0. The van der Waals surface area contributed by atoms with Gasteiger partial charge in [0.05, 0.1) is 12.7 Å². The molecule has 100 valence electrons. The van der Waals surface area contributed by atoms with Gasteiger partial charge in [0.15, 0.2) is 0 Å². The molecule has 1 heterocycles. The molecule has 0 aromatic heterocycles. The summed E-state index contributed by atoms with van der Waals surface area (Å²) in [6.45, 7) is 1.40. The van der Waals surface area contributed by atoms with Crippen molar-refractivity contribution in [2.75, 3.05) is 19.3 Å². The number of aliphatic imine (C=N–C) groups is 1. The molecule has 2 N–H and O–H groups in total. The second kappa shape index (κ2) is 5.30. The zero-order chi connectivity index (χ0) is 13.9. The number of hydrogen-bond donors (Lipinski definition) is 2. The minimum atomic E-state index is -2.59. The Labute approximate surface area is 103 Å². The van der Waals surface area contributed by atoms with Crippen molar-refractivity contribution in [3.8, 4) is 0 Å². The maximum atomic E-state index is 11.1. The van der Waals surface area contributed by atoms with Gasteiger partial charge in [-0.15, -0.1) is 0 Å². The van der Waals surface area contributed by atoms with E-state index in [2.05, 4.69) is 4.99 Å². The quantitative estimate of drug-likeness (QED) is 0.524. The zero-order valence-corrected chi connectivity index (χ0v) is 10.6. The van der Waals surface area contributed by atoms with Gasteiger partial charge in [-0.3, -0.25) is 0 Å². The van der Waals surface area contributed by atoms with Crippen molar-refractivity contribution < 1.29 is 28.9 Å². The smallest absolute Gasteiger partial charge is 0.345 e. The van der Waals surface area contributed by atoms with E-state index in [9.17, 15) is 18.7 Å². The van der Waals surface area contributed by atoms with Crippen LogP contribution in [0.2, 0.25) is 0 Å². The number of rotatable bonds is 6. The first-order valence-electron chi connectivity index (χ1n) is 5.25. The summed E-state index contributed by atoms with van der Waals surface area (Å²) in [7, 11) is -2.59. The van der Waals surface area contributed by atoms with Gasteiger partial charge in [0.25, 0.3) is 5.54 Å². The normalized spacial score (nSPS) is 17.4. The minimum absolute atomic E-state index is 0.0493. The summed E-state index contributed by atoms with van der Waals surface area (Å²) < 4.78 is 21.0. The number of aliphatic carboxylic acids is 2. The van der Waals surface area contributed by atoms with E-state index in [-0.39, 0.29) is 19.3 Å². The van der Waals surface area contributed by atoms with Crippen LogP contribution in [0.15, 0.2) is 4.99 Å². The van der Waals surface area contributed by atoms with Crippen molar-refractivity contribution in [3.63, 3.8) is 0 Å². The monoisotopic (exact) mass is 276 g/mol. The Morgan fingerprint density at radius 2 is 1.94 bits per heavy atom. The first-order chi connectivity index (χ1) is 8.33. The predicted molar refractivity (Wildman–Crippen MR) is 60.5 cm³/mol. The van der Waals surface area contributed by atoms with Crippen molar-refractivity contribution in [3.05, 3.63) is 0 Å². The fourth-order valence-electron chi connectivity index (χ4n) is 1.73. The highest BCUT2D eigenvalue weighted by molar-refractivity contribution is 7.30. The molecule has 0 radical (unpaired) electrons. The second-order valence-electron chi connectivity index (χ2n) is 3.83. The summed E-state index contributed by atoms with van der Waals surface area (Å²) >= 11 is 0. The van der Waals surface area contributed by atoms with Gasteiger partial charge in [-0.05, 0) is 0 Å². The van der Waals surface area contributed by atoms with E-state index in [1.165, 1.54) is 4.90 Å². The molecule has 0 fully saturated rings. The summed E-state index contributed by atoms with van der Waals surface area (Å²) in [6, 6.07) is 0. The average Bonchev–Trinajstić information content (AvgIpc) is 2.66. The van der Waals surface area contributed by atoms with Crippen LogP contribution in [0.4, 0.5) is 0 Å². The van der Waals surface area contributed by atoms with E-state index >= 15 is 0 Å². The third kappa shape index (κ3) is 2.59. The molecule has 0 atom stereocenters. The molecule has 0 aliphatic carbocycles. The Balaban J connectivity index is 2.99. The molecular formula is C9H13N2O6P. The first kappa shape index (κ1) is 14.4. The van der Waals surface area contributed by atoms with Gasteiger partial charge < -0.3 is 15.1 Å². The van der Waals surface area contributed by atoms with Crippen molar-refractivity contribution in [2.45, 2.75) is 18.9 Å². The maximum absolute atomic E-state index is 11.1. The Kier molecular flexibility index (Phi) is 4.24. The predicted octanol–water partition coefficient (Wildman–Crippen LogP) is 0.191. The molecular weight excluding hydrogens is 263 g/mol. The number of carboxylic acids is 2. The Morgan fingerprint density at radius 1 is 1.39 bits per heavy atom. The van der Waals surface area contributed by atoms with E-state index in [4.69, 9.17) is 10.2 Å². The maximum Gasteiger partial charge on any atom is 0.345 e. The molecule has 1 aliphatic heterocycles. The summed E-state index contributed by atoms with van der Waals surface area (Å²) in [4.78, 5) is 27.3. The minimum Gasteiger partial charge on any atom is -0.479 e. The third-order valence-corrected chi connectivity index (χ3v) is 3.25. The molecule has 0 bridgehead atoms. The SMILES string of the molecule is CCC1=NC(C(=O)O)(C(=O)O)CN1CCP(=O)=O. The highest BCUT2D eigenvalue weighted by Crippen LogP contribution is 2.24. The van der Waals surface area contributed by atoms with Crippen LogP contribution in [-0.2, 0) is 18.7 Å². The molecule has 18 heavy (non-hydrogen) atoms. The van der Waals surface area contributed by atoms with E-state index in [0.717, 1.165) is 0 Å². The van der Waals surface area contributed by atoms with Gasteiger partial charge in [-0.25, -0.2) is 23.7 Å². The molecule has 1 rings (SSSR count). The van der Waals surface area contributed by atoms with Crippen LogP contribution in [0.25, 0.3) is 0 Å². The van der Waals surface area contributed by atoms with Crippen LogP contribution in [-0.4, -0.2) is 57.7 Å². The lowest BCUT2D eigenvalue weighted by Gasteiger charge is -2.21. The Bertz CT molecular complexity index is 448. The molecule has 0 spiro atoms. The molecule has 9 heteroatoms. The van der Waals surface area contributed by atoms with Crippen molar-refractivity contribution in [1.29, 1.82) is 0 Å². The molecule has 0 unspecified atom stereocenters. The third-order valence-electron chi connectivity index (χ3n) is 2.68. The largest absolute Gasteiger partial charge is 0.479 e. The Morgan fingerprint density at radius 3 is 2.33 bits per heavy atom. The molecule has 0 amide bonds. The van der Waals surface area contributed by atoms with Gasteiger partial charge >= 0.3 is 19.6 Å². The molecule has 0 saturated carbocycles. The summed E-state index contributed by atoms with van der Waals surface area (Å²) in [6.07, 6.45) is 0.182. The van der Waals surface area contributed by atoms with Gasteiger partial charge in [0.2, 0.25) is 0 Å². The van der Waals surface area contributed by atoms with Crippen molar-refractivity contribution in [1.82, 2.24) is 4.90 Å². The van der Waals surface area contributed by atoms with Crippen LogP contribution in [0.3, 0.4) is 0 Å². The molecule has 0 saturated heterocycles.